The van der Waals surface area contributed by atoms with Crippen LogP contribution >= 0.6 is 23.2 Å². The van der Waals surface area contributed by atoms with Crippen LogP contribution in [0.15, 0.2) is 18.2 Å². The summed E-state index contributed by atoms with van der Waals surface area (Å²) >= 11 is 11.9. The summed E-state index contributed by atoms with van der Waals surface area (Å²) in [4.78, 5) is 13.8. The molecule has 0 radical (unpaired) electrons. The summed E-state index contributed by atoms with van der Waals surface area (Å²) in [5.41, 5.74) is -0.211. The Balaban J connectivity index is 2.80. The molecular formula is C14H19Cl2NO2. The lowest BCUT2D eigenvalue weighted by atomic mass is 10.1. The van der Waals surface area contributed by atoms with Gasteiger partial charge < -0.3 is 10.0 Å². The molecule has 1 N–H and O–H groups in total. The van der Waals surface area contributed by atoms with Gasteiger partial charge in [-0.25, -0.2) is 0 Å². The van der Waals surface area contributed by atoms with Gasteiger partial charge >= 0.3 is 0 Å². The molecule has 0 spiro atoms. The van der Waals surface area contributed by atoms with Crippen molar-refractivity contribution in [1.29, 1.82) is 0 Å². The van der Waals surface area contributed by atoms with E-state index in [2.05, 4.69) is 0 Å². The van der Waals surface area contributed by atoms with Crippen LogP contribution in [0.2, 0.25) is 10.0 Å². The maximum atomic E-state index is 12.2. The maximum Gasteiger partial charge on any atom is 0.227 e. The first-order valence-corrected chi connectivity index (χ1v) is 6.92. The van der Waals surface area contributed by atoms with Crippen molar-refractivity contribution in [2.45, 2.75) is 32.8 Å². The molecule has 0 heterocycles. The third-order valence-electron chi connectivity index (χ3n) is 2.66. The highest BCUT2D eigenvalue weighted by Crippen LogP contribution is 2.21. The van der Waals surface area contributed by atoms with E-state index in [1.807, 2.05) is 6.92 Å². The van der Waals surface area contributed by atoms with E-state index in [9.17, 15) is 9.90 Å². The first kappa shape index (κ1) is 16.3. The number of hydrogen-bond donors (Lipinski definition) is 1. The van der Waals surface area contributed by atoms with E-state index in [4.69, 9.17) is 23.2 Å². The van der Waals surface area contributed by atoms with Gasteiger partial charge in [-0.2, -0.15) is 0 Å². The number of rotatable bonds is 5. The Bertz CT molecular complexity index is 455. The molecule has 0 aromatic heterocycles. The number of amides is 1. The molecule has 0 aliphatic heterocycles. The van der Waals surface area contributed by atoms with E-state index in [0.29, 0.717) is 28.7 Å². The average molecular weight is 304 g/mol. The molecule has 0 unspecified atom stereocenters. The van der Waals surface area contributed by atoms with Gasteiger partial charge in [-0.15, -0.1) is 0 Å². The average Bonchev–Trinajstić information content (AvgIpc) is 2.29. The van der Waals surface area contributed by atoms with Gasteiger partial charge in [0.15, 0.2) is 0 Å². The van der Waals surface area contributed by atoms with Crippen molar-refractivity contribution >= 4 is 29.1 Å². The molecule has 0 aliphatic carbocycles. The van der Waals surface area contributed by atoms with E-state index < -0.39 is 5.60 Å². The van der Waals surface area contributed by atoms with Gasteiger partial charge in [0.25, 0.3) is 0 Å². The number of hydrogen-bond acceptors (Lipinski definition) is 2. The summed E-state index contributed by atoms with van der Waals surface area (Å²) < 4.78 is 0. The van der Waals surface area contributed by atoms with Gasteiger partial charge in [0.05, 0.1) is 12.0 Å². The summed E-state index contributed by atoms with van der Waals surface area (Å²) in [6, 6.07) is 5.06. The van der Waals surface area contributed by atoms with E-state index in [1.54, 1.807) is 36.9 Å². The number of nitrogens with zero attached hydrogens (tertiary/aromatic N) is 1. The highest BCUT2D eigenvalue weighted by molar-refractivity contribution is 6.33. The van der Waals surface area contributed by atoms with E-state index in [0.717, 1.165) is 0 Å². The number of likely N-dealkylation sites (N-methyl/N-ethyl adjacent to an activating group) is 1. The van der Waals surface area contributed by atoms with Crippen molar-refractivity contribution in [3.63, 3.8) is 0 Å². The lowest BCUT2D eigenvalue weighted by Gasteiger charge is -2.28. The Morgan fingerprint density at radius 1 is 1.37 bits per heavy atom. The predicted molar refractivity (Wildman–Crippen MR) is 78.7 cm³/mol. The lowest BCUT2D eigenvalue weighted by molar-refractivity contribution is -0.133. The Morgan fingerprint density at radius 3 is 2.53 bits per heavy atom. The minimum absolute atomic E-state index is 0.0752. The molecule has 3 nitrogen and oxygen atoms in total. The van der Waals surface area contributed by atoms with Crippen LogP contribution in [0, 0.1) is 0 Å². The Kier molecular flexibility index (Phi) is 5.65. The third kappa shape index (κ3) is 5.39. The van der Waals surface area contributed by atoms with Gasteiger partial charge in [-0.05, 0) is 44.5 Å². The zero-order valence-electron chi connectivity index (χ0n) is 11.4. The summed E-state index contributed by atoms with van der Waals surface area (Å²) in [7, 11) is 0. The topological polar surface area (TPSA) is 40.5 Å². The second kappa shape index (κ2) is 6.60. The highest BCUT2D eigenvalue weighted by Gasteiger charge is 2.21. The first-order valence-electron chi connectivity index (χ1n) is 6.17. The van der Waals surface area contributed by atoms with Crippen LogP contribution in [0.5, 0.6) is 0 Å². The van der Waals surface area contributed by atoms with Gasteiger partial charge in [0, 0.05) is 23.1 Å². The zero-order valence-corrected chi connectivity index (χ0v) is 12.9. The molecule has 0 bridgehead atoms. The summed E-state index contributed by atoms with van der Waals surface area (Å²) in [5.74, 6) is -0.0752. The van der Waals surface area contributed by atoms with Gasteiger partial charge in [0.1, 0.15) is 0 Å². The van der Waals surface area contributed by atoms with E-state index in [1.165, 1.54) is 0 Å². The quantitative estimate of drug-likeness (QED) is 0.908. The molecule has 19 heavy (non-hydrogen) atoms. The van der Waals surface area contributed by atoms with Crippen LogP contribution in [-0.4, -0.2) is 34.6 Å². The monoisotopic (exact) mass is 303 g/mol. The van der Waals surface area contributed by atoms with Gasteiger partial charge in [-0.1, -0.05) is 23.2 Å². The molecule has 1 amide bonds. The summed E-state index contributed by atoms with van der Waals surface area (Å²) in [6.45, 7) is 6.06. The molecule has 0 atom stereocenters. The highest BCUT2D eigenvalue weighted by atomic mass is 35.5. The van der Waals surface area contributed by atoms with Crippen molar-refractivity contribution in [1.82, 2.24) is 4.90 Å². The number of halogens is 2. The molecule has 0 saturated carbocycles. The predicted octanol–water partition coefficient (Wildman–Crippen LogP) is 3.16. The molecular weight excluding hydrogens is 285 g/mol. The molecule has 5 heteroatoms. The van der Waals surface area contributed by atoms with Gasteiger partial charge in [0.2, 0.25) is 5.91 Å². The van der Waals surface area contributed by atoms with Crippen LogP contribution in [0.3, 0.4) is 0 Å². The molecule has 1 aromatic carbocycles. The second-order valence-corrected chi connectivity index (χ2v) is 5.98. The first-order chi connectivity index (χ1) is 8.73. The van der Waals surface area contributed by atoms with Crippen molar-refractivity contribution in [2.75, 3.05) is 13.1 Å². The van der Waals surface area contributed by atoms with Gasteiger partial charge in [-0.3, -0.25) is 4.79 Å². The summed E-state index contributed by atoms with van der Waals surface area (Å²) in [6.07, 6.45) is 0.184. The van der Waals surface area contributed by atoms with Crippen LogP contribution in [0.25, 0.3) is 0 Å². The van der Waals surface area contributed by atoms with Crippen molar-refractivity contribution in [3.05, 3.63) is 33.8 Å². The minimum Gasteiger partial charge on any atom is -0.389 e. The maximum absolute atomic E-state index is 12.2. The fraction of sp³-hybridized carbons (Fsp3) is 0.500. The Morgan fingerprint density at radius 2 is 2.00 bits per heavy atom. The molecule has 106 valence electrons. The largest absolute Gasteiger partial charge is 0.389 e. The SMILES string of the molecule is CCN(CC(C)(C)O)C(=O)Cc1cc(Cl)ccc1Cl. The fourth-order valence-electron chi connectivity index (χ4n) is 1.80. The second-order valence-electron chi connectivity index (χ2n) is 5.13. The van der Waals surface area contributed by atoms with Crippen LogP contribution in [-0.2, 0) is 11.2 Å². The molecule has 1 aromatic rings. The number of carbonyl (C=O) groups excluding carboxylic acids is 1. The molecule has 0 aliphatic rings. The van der Waals surface area contributed by atoms with E-state index >= 15 is 0 Å². The smallest absolute Gasteiger partial charge is 0.227 e. The molecule has 1 rings (SSSR count). The van der Waals surface area contributed by atoms with Crippen LogP contribution in [0.1, 0.15) is 26.3 Å². The standard InChI is InChI=1S/C14H19Cl2NO2/c1-4-17(9-14(2,3)19)13(18)8-10-7-11(15)5-6-12(10)16/h5-7,19H,4,8-9H2,1-3H3. The van der Waals surface area contributed by atoms with Crippen molar-refractivity contribution in [2.24, 2.45) is 0 Å². The molecule has 0 fully saturated rings. The third-order valence-corrected chi connectivity index (χ3v) is 3.27. The number of carbonyl (C=O) groups is 1. The minimum atomic E-state index is -0.913. The number of benzene rings is 1. The Labute approximate surface area is 124 Å². The normalized spacial score (nSPS) is 11.5. The lowest BCUT2D eigenvalue weighted by Crippen LogP contribution is -2.42. The van der Waals surface area contributed by atoms with Crippen LogP contribution in [0.4, 0.5) is 0 Å². The van der Waals surface area contributed by atoms with Crippen molar-refractivity contribution < 1.29 is 9.90 Å². The number of aliphatic hydroxyl groups is 1. The van der Waals surface area contributed by atoms with Crippen LogP contribution < -0.4 is 0 Å². The van der Waals surface area contributed by atoms with Crippen molar-refractivity contribution in [3.8, 4) is 0 Å². The zero-order chi connectivity index (χ0) is 14.6. The van der Waals surface area contributed by atoms with E-state index in [-0.39, 0.29) is 12.3 Å². The molecule has 0 saturated heterocycles. The fourth-order valence-corrected chi connectivity index (χ4v) is 2.18. The summed E-state index contributed by atoms with van der Waals surface area (Å²) in [5, 5.41) is 10.9. The Hall–Kier alpha value is -0.770.